The van der Waals surface area contributed by atoms with Gasteiger partial charge in [-0.15, -0.1) is 0 Å². The van der Waals surface area contributed by atoms with Crippen molar-refractivity contribution in [3.63, 3.8) is 0 Å². The smallest absolute Gasteiger partial charge is 0.144 e. The first kappa shape index (κ1) is 38.7. The Balaban J connectivity index is 0.000000358. The summed E-state index contributed by atoms with van der Waals surface area (Å²) < 4.78 is 40.7. The van der Waals surface area contributed by atoms with Crippen LogP contribution in [0.3, 0.4) is 0 Å². The normalized spacial score (nSPS) is 12.8. The SMILES string of the molecule is CC(C)Oc1ccccc1[CH]=[Ru]([Cl])[Cl].COCCOc1cccc(O)c1N1[CH-]N(c2c(OCCOC)cccc2OCCOC)CC1. The minimum absolute atomic E-state index is 0.143. The van der Waals surface area contributed by atoms with E-state index in [0.29, 0.717) is 75.7 Å². The zero-order chi connectivity index (χ0) is 34.0. The zero-order valence-electron chi connectivity index (χ0n) is 27.5. The number of rotatable bonds is 17. The number of hydrogen-bond acceptors (Lipinski definition) is 10. The Hall–Kier alpha value is -2.79. The Labute approximate surface area is 291 Å². The van der Waals surface area contributed by atoms with Crippen molar-refractivity contribution in [2.24, 2.45) is 0 Å². The number of para-hydroxylation sites is 3. The maximum atomic E-state index is 10.6. The molecule has 1 fully saturated rings. The van der Waals surface area contributed by atoms with E-state index in [4.69, 9.17) is 52.5 Å². The van der Waals surface area contributed by atoms with Crippen LogP contribution in [-0.4, -0.2) is 89.9 Å². The predicted octanol–water partition coefficient (Wildman–Crippen LogP) is 6.46. The molecule has 0 unspecified atom stereocenters. The summed E-state index contributed by atoms with van der Waals surface area (Å²) in [5.74, 6) is 2.96. The van der Waals surface area contributed by atoms with Gasteiger partial charge in [0.1, 0.15) is 42.8 Å². The quantitative estimate of drug-likeness (QED) is 0.0936. The fraction of sp³-hybridized carbons (Fsp3) is 0.412. The Morgan fingerprint density at radius 1 is 0.702 bits per heavy atom. The number of halogens is 2. The summed E-state index contributed by atoms with van der Waals surface area (Å²) in [7, 11) is 16.5. The van der Waals surface area contributed by atoms with E-state index in [1.165, 1.54) is 0 Å². The maximum absolute atomic E-state index is 10.6. The molecule has 262 valence electrons. The van der Waals surface area contributed by atoms with Gasteiger partial charge < -0.3 is 43.3 Å². The van der Waals surface area contributed by atoms with Crippen molar-refractivity contribution in [3.05, 3.63) is 72.9 Å². The third-order valence-corrected chi connectivity index (χ3v) is 8.31. The Bertz CT molecular complexity index is 1370. The molecule has 0 amide bonds. The largest absolute Gasteiger partial charge is 0.506 e. The Morgan fingerprint density at radius 2 is 1.17 bits per heavy atom. The first-order chi connectivity index (χ1) is 22.8. The molecule has 4 rings (SSSR count). The van der Waals surface area contributed by atoms with Crippen LogP contribution in [0.1, 0.15) is 19.4 Å². The third-order valence-electron chi connectivity index (χ3n) is 6.48. The van der Waals surface area contributed by atoms with E-state index in [1.807, 2.05) is 78.6 Å². The molecule has 0 aromatic heterocycles. The number of nitrogens with zero attached hydrogens (tertiary/aromatic N) is 2. The summed E-state index contributed by atoms with van der Waals surface area (Å²) in [6.45, 7) is 9.85. The van der Waals surface area contributed by atoms with Crippen LogP contribution in [0.4, 0.5) is 11.4 Å². The number of ether oxygens (including phenoxy) is 7. The summed E-state index contributed by atoms with van der Waals surface area (Å²) in [5.41, 5.74) is 2.41. The van der Waals surface area contributed by atoms with Gasteiger partial charge >= 0.3 is 97.8 Å². The first-order valence-electron chi connectivity index (χ1n) is 15.1. The molecular formula is C34H45Cl2N2O8Ru-. The van der Waals surface area contributed by atoms with Crippen LogP contribution in [-0.2, 0) is 27.7 Å². The minimum Gasteiger partial charge on any atom is -0.506 e. The van der Waals surface area contributed by atoms with Gasteiger partial charge in [0.25, 0.3) is 0 Å². The van der Waals surface area contributed by atoms with E-state index in [9.17, 15) is 5.11 Å². The van der Waals surface area contributed by atoms with Gasteiger partial charge in [0, 0.05) is 34.4 Å². The Morgan fingerprint density at radius 3 is 1.68 bits per heavy atom. The van der Waals surface area contributed by atoms with E-state index in [-0.39, 0.29) is 11.9 Å². The van der Waals surface area contributed by atoms with Crippen LogP contribution in [0.25, 0.3) is 0 Å². The average molecular weight is 782 g/mol. The number of anilines is 2. The molecule has 47 heavy (non-hydrogen) atoms. The molecule has 0 bridgehead atoms. The molecule has 3 aromatic carbocycles. The predicted molar refractivity (Wildman–Crippen MR) is 185 cm³/mol. The molecule has 1 N–H and O–H groups in total. The molecule has 0 aliphatic carbocycles. The van der Waals surface area contributed by atoms with Crippen LogP contribution < -0.4 is 28.7 Å². The van der Waals surface area contributed by atoms with Gasteiger partial charge in [-0.1, -0.05) is 12.1 Å². The molecule has 0 spiro atoms. The maximum Gasteiger partial charge on any atom is 0.144 e. The van der Waals surface area contributed by atoms with E-state index in [2.05, 4.69) is 4.90 Å². The number of hydrogen-bond donors (Lipinski definition) is 1. The van der Waals surface area contributed by atoms with E-state index < -0.39 is 13.5 Å². The van der Waals surface area contributed by atoms with Crippen molar-refractivity contribution in [1.29, 1.82) is 0 Å². The summed E-state index contributed by atoms with van der Waals surface area (Å²) in [4.78, 5) is 4.01. The topological polar surface area (TPSA) is 91.3 Å². The monoisotopic (exact) mass is 781 g/mol. The van der Waals surface area contributed by atoms with Gasteiger partial charge in [-0.3, -0.25) is 0 Å². The second-order valence-electron chi connectivity index (χ2n) is 10.3. The molecule has 13 heteroatoms. The summed E-state index contributed by atoms with van der Waals surface area (Å²) >= 11 is -1.77. The van der Waals surface area contributed by atoms with Crippen molar-refractivity contribution in [1.82, 2.24) is 0 Å². The van der Waals surface area contributed by atoms with Crippen molar-refractivity contribution in [3.8, 4) is 28.7 Å². The van der Waals surface area contributed by atoms with Crippen LogP contribution in [0.15, 0.2) is 60.7 Å². The molecule has 3 aromatic rings. The fourth-order valence-corrected chi connectivity index (χ4v) is 6.29. The van der Waals surface area contributed by atoms with Crippen molar-refractivity contribution >= 4 is 35.4 Å². The third kappa shape index (κ3) is 12.6. The molecule has 1 saturated heterocycles. The summed E-state index contributed by atoms with van der Waals surface area (Å²) in [6.07, 6.45) is 0.163. The van der Waals surface area contributed by atoms with E-state index in [0.717, 1.165) is 17.0 Å². The van der Waals surface area contributed by atoms with Crippen molar-refractivity contribution < 1.29 is 51.8 Å². The van der Waals surface area contributed by atoms with Crippen molar-refractivity contribution in [2.45, 2.75) is 20.0 Å². The molecule has 1 aliphatic rings. The van der Waals surface area contributed by atoms with Crippen LogP contribution in [0.5, 0.6) is 28.7 Å². The molecule has 0 radical (unpaired) electrons. The van der Waals surface area contributed by atoms with Gasteiger partial charge in [-0.05, 0) is 24.3 Å². The van der Waals surface area contributed by atoms with E-state index >= 15 is 0 Å². The van der Waals surface area contributed by atoms with Crippen LogP contribution >= 0.6 is 19.4 Å². The minimum atomic E-state index is -1.77. The van der Waals surface area contributed by atoms with Gasteiger partial charge in [-0.25, -0.2) is 0 Å². The second kappa shape index (κ2) is 21.2. The molecule has 1 heterocycles. The molecule has 0 saturated carbocycles. The number of aromatic hydroxyl groups is 1. The Kier molecular flexibility index (Phi) is 17.5. The van der Waals surface area contributed by atoms with Gasteiger partial charge in [0.2, 0.25) is 0 Å². The second-order valence-corrected chi connectivity index (χ2v) is 16.0. The molecule has 10 nitrogen and oxygen atoms in total. The summed E-state index contributed by atoms with van der Waals surface area (Å²) in [5, 5.41) is 10.6. The number of methoxy groups -OCH3 is 3. The number of phenols is 1. The molecule has 1 aliphatic heterocycles. The molecular weight excluding hydrogens is 736 g/mol. The van der Waals surface area contributed by atoms with Crippen LogP contribution in [0.2, 0.25) is 0 Å². The average Bonchev–Trinajstić information content (AvgIpc) is 3.52. The van der Waals surface area contributed by atoms with Gasteiger partial charge in [-0.2, -0.15) is 6.67 Å². The standard InChI is InChI=1S/C24H33N2O7.C10H12O.2ClH.Ru/c1-28-12-15-31-20-7-4-6-19(27)23(20)25-10-11-26(18-25)24-21(32-16-13-29-2)8-5-9-22(24)33-17-14-30-3;1-8(2)11-10-7-5-4-6-9(10)3;;;/h4-9,18,27H,10-17H2,1-3H3;3-8H,1-2H3;2*1H;/q-1;;;;+2/p-2. The zero-order valence-corrected chi connectivity index (χ0v) is 30.7. The van der Waals surface area contributed by atoms with Crippen LogP contribution in [0, 0.1) is 6.67 Å². The number of phenolic OH excluding ortho intramolecular Hbond substituents is 1. The van der Waals surface area contributed by atoms with Gasteiger partial charge in [0.15, 0.2) is 0 Å². The molecule has 0 atom stereocenters. The summed E-state index contributed by atoms with van der Waals surface area (Å²) in [6, 6.07) is 18.7. The number of benzene rings is 3. The first-order valence-corrected chi connectivity index (χ1v) is 20.5. The fourth-order valence-electron chi connectivity index (χ4n) is 4.49. The van der Waals surface area contributed by atoms with Crippen molar-refractivity contribution in [2.75, 3.05) is 83.9 Å². The van der Waals surface area contributed by atoms with Gasteiger partial charge in [0.05, 0.1) is 31.2 Å². The van der Waals surface area contributed by atoms with E-state index in [1.54, 1.807) is 33.5 Å².